The molecule has 0 unspecified atom stereocenters. The molecule has 1 aromatic carbocycles. The predicted octanol–water partition coefficient (Wildman–Crippen LogP) is 3.40. The Morgan fingerprint density at radius 2 is 1.88 bits per heavy atom. The van der Waals surface area contributed by atoms with Crippen molar-refractivity contribution in [2.75, 3.05) is 24.2 Å². The van der Waals surface area contributed by atoms with Crippen molar-refractivity contribution in [1.29, 1.82) is 0 Å². The van der Waals surface area contributed by atoms with Crippen LogP contribution in [0.4, 0.5) is 19.0 Å². The summed E-state index contributed by atoms with van der Waals surface area (Å²) < 4.78 is 45.7. The first kappa shape index (κ1) is 34.2. The van der Waals surface area contributed by atoms with E-state index in [-0.39, 0.29) is 67.7 Å². The molecule has 3 rings (SSSR count). The summed E-state index contributed by atoms with van der Waals surface area (Å²) >= 11 is 1.31. The summed E-state index contributed by atoms with van der Waals surface area (Å²) in [5.41, 5.74) is 6.59. The number of halogens is 4. The molecule has 1 saturated heterocycles. The topological polar surface area (TPSA) is 127 Å². The Morgan fingerprint density at radius 3 is 2.51 bits per heavy atom. The zero-order chi connectivity index (χ0) is 29.4. The zero-order valence-electron chi connectivity index (χ0n) is 23.0. The largest absolute Gasteiger partial charge is 0.464 e. The van der Waals surface area contributed by atoms with Crippen molar-refractivity contribution in [3.05, 3.63) is 59.0 Å². The van der Waals surface area contributed by atoms with Crippen molar-refractivity contribution in [2.45, 2.75) is 57.6 Å². The van der Waals surface area contributed by atoms with Gasteiger partial charge in [-0.2, -0.15) is 0 Å². The van der Waals surface area contributed by atoms with Crippen LogP contribution in [0.15, 0.2) is 30.5 Å². The zero-order valence-corrected chi connectivity index (χ0v) is 24.6. The molecule has 0 aliphatic carbocycles. The van der Waals surface area contributed by atoms with Crippen LogP contribution in [-0.4, -0.2) is 64.0 Å². The molecular formula is C27H35ClF3N5O4S. The SMILES string of the molecule is CCOC(=O)[C@H](Nc1ccc(CNC(=O)[C@@H]2SCCN2C(=O)C[C@H](N)Cc2cc(F)c(F)cc2F)cn1)C(C)C.Cl. The Morgan fingerprint density at radius 1 is 1.17 bits per heavy atom. The Balaban J connectivity index is 0.00000588. The fourth-order valence-electron chi connectivity index (χ4n) is 4.14. The lowest BCUT2D eigenvalue weighted by atomic mass is 10.0. The Hall–Kier alpha value is -3.03. The summed E-state index contributed by atoms with van der Waals surface area (Å²) in [6.45, 7) is 6.33. The molecule has 1 aliphatic heterocycles. The maximum absolute atomic E-state index is 14.0. The number of carbonyl (C=O) groups excluding carboxylic acids is 3. The number of thioether (sulfide) groups is 1. The molecule has 41 heavy (non-hydrogen) atoms. The highest BCUT2D eigenvalue weighted by molar-refractivity contribution is 8.00. The van der Waals surface area contributed by atoms with E-state index in [1.54, 1.807) is 25.3 Å². The smallest absolute Gasteiger partial charge is 0.328 e. The number of esters is 1. The van der Waals surface area contributed by atoms with Gasteiger partial charge in [0.05, 0.1) is 6.61 Å². The van der Waals surface area contributed by atoms with Gasteiger partial charge in [-0.25, -0.2) is 22.9 Å². The maximum atomic E-state index is 14.0. The Labute approximate surface area is 247 Å². The van der Waals surface area contributed by atoms with Gasteiger partial charge >= 0.3 is 5.97 Å². The second-order valence-electron chi connectivity index (χ2n) is 9.72. The summed E-state index contributed by atoms with van der Waals surface area (Å²) in [6, 6.07) is 3.25. The van der Waals surface area contributed by atoms with Gasteiger partial charge < -0.3 is 26.0 Å². The number of nitrogens with one attached hydrogen (secondary N) is 2. The molecule has 1 aromatic heterocycles. The number of rotatable bonds is 12. The van der Waals surface area contributed by atoms with E-state index >= 15 is 0 Å². The van der Waals surface area contributed by atoms with E-state index in [1.807, 2.05) is 13.8 Å². The predicted molar refractivity (Wildman–Crippen MR) is 153 cm³/mol. The first-order valence-electron chi connectivity index (χ1n) is 13.0. The number of pyridine rings is 1. The number of nitrogens with zero attached hydrogens (tertiary/aromatic N) is 2. The van der Waals surface area contributed by atoms with Crippen molar-refractivity contribution in [1.82, 2.24) is 15.2 Å². The van der Waals surface area contributed by atoms with Gasteiger partial charge in [0.25, 0.3) is 5.91 Å². The van der Waals surface area contributed by atoms with Crippen LogP contribution >= 0.6 is 24.2 Å². The number of benzene rings is 1. The number of anilines is 1. The van der Waals surface area contributed by atoms with Crippen molar-refractivity contribution >= 4 is 47.8 Å². The van der Waals surface area contributed by atoms with Gasteiger partial charge in [-0.05, 0) is 42.5 Å². The summed E-state index contributed by atoms with van der Waals surface area (Å²) in [5.74, 6) is -3.52. The van der Waals surface area contributed by atoms with Crippen LogP contribution in [0, 0.1) is 23.4 Å². The highest BCUT2D eigenvalue weighted by Gasteiger charge is 2.35. The van der Waals surface area contributed by atoms with Gasteiger partial charge in [0.2, 0.25) is 5.91 Å². The number of nitrogens with two attached hydrogens (primary N) is 1. The van der Waals surface area contributed by atoms with Crippen molar-refractivity contribution in [3.8, 4) is 0 Å². The second kappa shape index (κ2) is 15.8. The lowest BCUT2D eigenvalue weighted by molar-refractivity contribution is -0.145. The number of carbonyl (C=O) groups is 3. The van der Waals surface area contributed by atoms with E-state index in [9.17, 15) is 27.6 Å². The molecule has 2 amide bonds. The molecule has 2 heterocycles. The number of ether oxygens (including phenoxy) is 1. The minimum atomic E-state index is -1.30. The Bertz CT molecular complexity index is 1210. The standard InChI is InChI=1S/C27H34F3N5O4S.ClH/c1-4-39-27(38)24(15(2)3)34-22-6-5-16(13-32-22)14-33-25(37)26-35(7-8-40-26)23(36)11-18(31)9-17-10-20(29)21(30)12-19(17)28;/h5-6,10,12-13,15,18,24,26H,4,7-9,11,14,31H2,1-3H3,(H,32,34)(H,33,37);1H/t18-,24-,26+;/m1./s1. The van der Waals surface area contributed by atoms with Crippen LogP contribution in [-0.2, 0) is 32.1 Å². The molecule has 3 atom stereocenters. The minimum absolute atomic E-state index is 0. The van der Waals surface area contributed by atoms with Gasteiger partial charge in [0.15, 0.2) is 17.0 Å². The lowest BCUT2D eigenvalue weighted by Gasteiger charge is -2.24. The van der Waals surface area contributed by atoms with Crippen LogP contribution < -0.4 is 16.4 Å². The quantitative estimate of drug-likeness (QED) is 0.244. The molecule has 9 nitrogen and oxygen atoms in total. The lowest BCUT2D eigenvalue weighted by Crippen LogP contribution is -2.46. The van der Waals surface area contributed by atoms with Crippen molar-refractivity contribution in [3.63, 3.8) is 0 Å². The molecule has 0 radical (unpaired) electrons. The highest BCUT2D eigenvalue weighted by atomic mass is 35.5. The van der Waals surface area contributed by atoms with Crippen molar-refractivity contribution < 1.29 is 32.3 Å². The van der Waals surface area contributed by atoms with E-state index in [0.717, 1.165) is 6.07 Å². The molecular weight excluding hydrogens is 583 g/mol. The molecule has 0 spiro atoms. The minimum Gasteiger partial charge on any atom is -0.464 e. The summed E-state index contributed by atoms with van der Waals surface area (Å²) in [4.78, 5) is 43.7. The molecule has 14 heteroatoms. The van der Waals surface area contributed by atoms with Gasteiger partial charge in [0.1, 0.15) is 17.7 Å². The van der Waals surface area contributed by atoms with E-state index in [2.05, 4.69) is 15.6 Å². The molecule has 2 aromatic rings. The second-order valence-corrected chi connectivity index (χ2v) is 10.9. The fraction of sp³-hybridized carbons (Fsp3) is 0.481. The van der Waals surface area contributed by atoms with E-state index in [0.29, 0.717) is 29.7 Å². The van der Waals surface area contributed by atoms with Gasteiger partial charge in [0, 0.05) is 43.6 Å². The average Bonchev–Trinajstić information content (AvgIpc) is 3.40. The van der Waals surface area contributed by atoms with E-state index in [4.69, 9.17) is 10.5 Å². The molecule has 0 saturated carbocycles. The molecule has 1 fully saturated rings. The highest BCUT2D eigenvalue weighted by Crippen LogP contribution is 2.25. The number of hydrogen-bond acceptors (Lipinski definition) is 8. The third-order valence-electron chi connectivity index (χ3n) is 6.25. The van der Waals surface area contributed by atoms with Crippen LogP contribution in [0.2, 0.25) is 0 Å². The van der Waals surface area contributed by atoms with E-state index < -0.39 is 34.9 Å². The fourth-order valence-corrected chi connectivity index (χ4v) is 5.30. The van der Waals surface area contributed by atoms with Crippen molar-refractivity contribution in [2.24, 2.45) is 11.7 Å². The normalized spacial score (nSPS) is 16.1. The number of aromatic nitrogens is 1. The average molecular weight is 618 g/mol. The molecule has 1 aliphatic rings. The van der Waals surface area contributed by atoms with Crippen LogP contribution in [0.25, 0.3) is 0 Å². The molecule has 0 bridgehead atoms. The van der Waals surface area contributed by atoms with Crippen LogP contribution in [0.5, 0.6) is 0 Å². The van der Waals surface area contributed by atoms with Gasteiger partial charge in [-0.15, -0.1) is 24.2 Å². The number of hydrogen-bond donors (Lipinski definition) is 3. The molecule has 4 N–H and O–H groups in total. The maximum Gasteiger partial charge on any atom is 0.328 e. The third-order valence-corrected chi connectivity index (χ3v) is 7.45. The summed E-state index contributed by atoms with van der Waals surface area (Å²) in [5, 5.41) is 5.12. The van der Waals surface area contributed by atoms with Crippen LogP contribution in [0.3, 0.4) is 0 Å². The Kier molecular flexibility index (Phi) is 13.2. The van der Waals surface area contributed by atoms with Gasteiger partial charge in [-0.3, -0.25) is 9.59 Å². The molecule has 226 valence electrons. The van der Waals surface area contributed by atoms with Gasteiger partial charge in [-0.1, -0.05) is 19.9 Å². The summed E-state index contributed by atoms with van der Waals surface area (Å²) in [7, 11) is 0. The van der Waals surface area contributed by atoms with E-state index in [1.165, 1.54) is 16.7 Å². The first-order chi connectivity index (χ1) is 19.0. The number of amides is 2. The first-order valence-corrected chi connectivity index (χ1v) is 14.0. The monoisotopic (exact) mass is 617 g/mol. The third kappa shape index (κ3) is 9.50. The summed E-state index contributed by atoms with van der Waals surface area (Å²) in [6.07, 6.45) is 1.22. The van der Waals surface area contributed by atoms with Crippen LogP contribution in [0.1, 0.15) is 38.3 Å².